The number of hydrogen-bond acceptors (Lipinski definition) is 4. The minimum Gasteiger partial charge on any atom is -0.468 e. The van der Waals surface area contributed by atoms with Crippen molar-refractivity contribution in [3.05, 3.63) is 46.3 Å². The highest BCUT2D eigenvalue weighted by molar-refractivity contribution is 7.10. The Morgan fingerprint density at radius 3 is 2.69 bits per heavy atom. The summed E-state index contributed by atoms with van der Waals surface area (Å²) < 4.78 is 40.9. The Bertz CT molecular complexity index is 687. The molecule has 0 radical (unpaired) electrons. The number of alkyl halides is 3. The Morgan fingerprint density at radius 1 is 1.31 bits per heavy atom. The van der Waals surface area contributed by atoms with Crippen molar-refractivity contribution in [2.24, 2.45) is 4.99 Å². The number of aliphatic imine (C=N–C) groups is 1. The van der Waals surface area contributed by atoms with E-state index >= 15 is 0 Å². The standard InChI is InChI=1S/C17H21F3N4OS/c1-12(14-4-3-7-26-14)8-23-16(21-2)24-10-13-5-6-15(22-9-13)25-11-17(18,19)20/h3-7,9,12H,8,10-11H2,1-2H3,(H2,21,23,24). The Kier molecular flexibility index (Phi) is 7.26. The molecule has 1 atom stereocenters. The van der Waals surface area contributed by atoms with Gasteiger partial charge in [-0.2, -0.15) is 13.2 Å². The van der Waals surface area contributed by atoms with Crippen molar-refractivity contribution in [3.8, 4) is 5.88 Å². The third-order valence-corrected chi connectivity index (χ3v) is 4.57. The number of rotatable bonds is 7. The van der Waals surface area contributed by atoms with Crippen molar-refractivity contribution in [2.75, 3.05) is 20.2 Å². The van der Waals surface area contributed by atoms with Gasteiger partial charge in [-0.05, 0) is 17.0 Å². The van der Waals surface area contributed by atoms with E-state index in [0.717, 1.165) is 12.1 Å². The van der Waals surface area contributed by atoms with Crippen molar-refractivity contribution in [1.29, 1.82) is 0 Å². The monoisotopic (exact) mass is 386 g/mol. The van der Waals surface area contributed by atoms with Crippen molar-refractivity contribution in [1.82, 2.24) is 15.6 Å². The summed E-state index contributed by atoms with van der Waals surface area (Å²) in [5.41, 5.74) is 0.804. The molecular formula is C17H21F3N4OS. The van der Waals surface area contributed by atoms with Gasteiger partial charge in [0.2, 0.25) is 5.88 Å². The second-order valence-electron chi connectivity index (χ2n) is 5.63. The lowest BCUT2D eigenvalue weighted by molar-refractivity contribution is -0.154. The molecule has 2 rings (SSSR count). The molecule has 26 heavy (non-hydrogen) atoms. The molecular weight excluding hydrogens is 365 g/mol. The van der Waals surface area contributed by atoms with Gasteiger partial charge in [-0.15, -0.1) is 11.3 Å². The lowest BCUT2D eigenvalue weighted by Crippen LogP contribution is -2.38. The molecule has 1 unspecified atom stereocenters. The van der Waals surface area contributed by atoms with Crippen LogP contribution in [0.2, 0.25) is 0 Å². The molecule has 0 aliphatic heterocycles. The molecule has 2 aromatic rings. The predicted molar refractivity (Wildman–Crippen MR) is 96.7 cm³/mol. The predicted octanol–water partition coefficient (Wildman–Crippen LogP) is 3.55. The minimum absolute atomic E-state index is 0.0571. The Morgan fingerprint density at radius 2 is 2.12 bits per heavy atom. The highest BCUT2D eigenvalue weighted by Gasteiger charge is 2.28. The molecule has 0 fully saturated rings. The third kappa shape index (κ3) is 6.91. The summed E-state index contributed by atoms with van der Waals surface area (Å²) in [5, 5.41) is 8.44. The van der Waals surface area contributed by atoms with Crippen molar-refractivity contribution < 1.29 is 17.9 Å². The first-order valence-electron chi connectivity index (χ1n) is 8.00. The largest absolute Gasteiger partial charge is 0.468 e. The average Bonchev–Trinajstić information content (AvgIpc) is 3.15. The first-order valence-corrected chi connectivity index (χ1v) is 8.88. The van der Waals surface area contributed by atoms with Crippen molar-refractivity contribution in [3.63, 3.8) is 0 Å². The lowest BCUT2D eigenvalue weighted by atomic mass is 10.1. The first kappa shape index (κ1) is 20.0. The Hall–Kier alpha value is -2.29. The van der Waals surface area contributed by atoms with Gasteiger partial charge in [0.1, 0.15) is 0 Å². The number of hydrogen-bond donors (Lipinski definition) is 2. The van der Waals surface area contributed by atoms with Crippen LogP contribution in [0.5, 0.6) is 5.88 Å². The highest BCUT2D eigenvalue weighted by Crippen LogP contribution is 2.19. The number of nitrogens with one attached hydrogen (secondary N) is 2. The van der Waals surface area contributed by atoms with Gasteiger partial charge < -0.3 is 15.4 Å². The molecule has 0 saturated heterocycles. The van der Waals surface area contributed by atoms with E-state index in [2.05, 4.69) is 38.3 Å². The first-order chi connectivity index (χ1) is 12.4. The second kappa shape index (κ2) is 9.42. The number of thiophene rings is 1. The van der Waals surface area contributed by atoms with Gasteiger partial charge in [-0.1, -0.05) is 19.1 Å². The van der Waals surface area contributed by atoms with E-state index < -0.39 is 12.8 Å². The normalized spacial score (nSPS) is 13.3. The topological polar surface area (TPSA) is 58.5 Å². The van der Waals surface area contributed by atoms with Crippen LogP contribution >= 0.6 is 11.3 Å². The molecule has 0 bridgehead atoms. The summed E-state index contributed by atoms with van der Waals surface area (Å²) in [4.78, 5) is 9.33. The molecule has 9 heteroatoms. The number of aromatic nitrogens is 1. The molecule has 0 aromatic carbocycles. The van der Waals surface area contributed by atoms with Crippen LogP contribution in [0.15, 0.2) is 40.8 Å². The third-order valence-electron chi connectivity index (χ3n) is 3.47. The van der Waals surface area contributed by atoms with E-state index in [9.17, 15) is 13.2 Å². The maximum atomic E-state index is 12.1. The highest BCUT2D eigenvalue weighted by atomic mass is 32.1. The zero-order valence-electron chi connectivity index (χ0n) is 14.5. The van der Waals surface area contributed by atoms with Crippen LogP contribution < -0.4 is 15.4 Å². The molecule has 2 heterocycles. The molecule has 0 aliphatic rings. The van der Waals surface area contributed by atoms with E-state index in [1.54, 1.807) is 24.5 Å². The van der Waals surface area contributed by atoms with Crippen LogP contribution in [-0.2, 0) is 6.54 Å². The van der Waals surface area contributed by atoms with E-state index in [1.165, 1.54) is 17.1 Å². The van der Waals surface area contributed by atoms with Gasteiger partial charge >= 0.3 is 6.18 Å². The van der Waals surface area contributed by atoms with E-state index in [-0.39, 0.29) is 5.88 Å². The van der Waals surface area contributed by atoms with Crippen molar-refractivity contribution >= 4 is 17.3 Å². The lowest BCUT2D eigenvalue weighted by Gasteiger charge is -2.15. The van der Waals surface area contributed by atoms with E-state index in [0.29, 0.717) is 18.4 Å². The molecule has 0 aliphatic carbocycles. The second-order valence-corrected chi connectivity index (χ2v) is 6.61. The Labute approximate surface area is 154 Å². The number of nitrogens with zero attached hydrogens (tertiary/aromatic N) is 2. The van der Waals surface area contributed by atoms with Crippen LogP contribution in [0.3, 0.4) is 0 Å². The van der Waals surface area contributed by atoms with E-state index in [4.69, 9.17) is 0 Å². The summed E-state index contributed by atoms with van der Waals surface area (Å²) in [6, 6.07) is 7.20. The summed E-state index contributed by atoms with van der Waals surface area (Å²) in [6.45, 7) is 1.97. The van der Waals surface area contributed by atoms with Crippen LogP contribution in [0, 0.1) is 0 Å². The fourth-order valence-electron chi connectivity index (χ4n) is 2.09. The van der Waals surface area contributed by atoms with Crippen LogP contribution in [0.1, 0.15) is 23.3 Å². The van der Waals surface area contributed by atoms with Crippen LogP contribution in [-0.4, -0.2) is 37.3 Å². The summed E-state index contributed by atoms with van der Waals surface area (Å²) in [6.07, 6.45) is -2.90. The molecule has 5 nitrogen and oxygen atoms in total. The summed E-state index contributed by atoms with van der Waals surface area (Å²) in [7, 11) is 1.68. The van der Waals surface area contributed by atoms with Gasteiger partial charge in [0.05, 0.1) is 0 Å². The Balaban J connectivity index is 1.77. The molecule has 0 spiro atoms. The zero-order chi connectivity index (χ0) is 19.0. The van der Waals surface area contributed by atoms with Gasteiger partial charge in [0, 0.05) is 43.2 Å². The van der Waals surface area contributed by atoms with Crippen molar-refractivity contribution in [2.45, 2.75) is 25.6 Å². The maximum Gasteiger partial charge on any atom is 0.422 e. The summed E-state index contributed by atoms with van der Waals surface area (Å²) >= 11 is 1.72. The quantitative estimate of drug-likeness (QED) is 0.564. The SMILES string of the molecule is CN=C(NCc1ccc(OCC(F)(F)F)nc1)NCC(C)c1cccs1. The smallest absolute Gasteiger partial charge is 0.422 e. The summed E-state index contributed by atoms with van der Waals surface area (Å²) in [5.74, 6) is 0.949. The molecule has 142 valence electrons. The van der Waals surface area contributed by atoms with E-state index in [1.807, 2.05) is 11.4 Å². The molecule has 2 aromatic heterocycles. The van der Waals surface area contributed by atoms with Gasteiger partial charge in [0.25, 0.3) is 0 Å². The minimum atomic E-state index is -4.37. The van der Waals surface area contributed by atoms with Crippen LogP contribution in [0.4, 0.5) is 13.2 Å². The molecule has 0 amide bonds. The number of ether oxygens (including phenoxy) is 1. The van der Waals surface area contributed by atoms with Crippen LogP contribution in [0.25, 0.3) is 0 Å². The number of guanidine groups is 1. The zero-order valence-corrected chi connectivity index (χ0v) is 15.3. The average molecular weight is 386 g/mol. The fourth-order valence-corrected chi connectivity index (χ4v) is 2.87. The maximum absolute atomic E-state index is 12.1. The number of halogens is 3. The van der Waals surface area contributed by atoms with Gasteiger partial charge in [-0.3, -0.25) is 4.99 Å². The number of pyridine rings is 1. The molecule has 0 saturated carbocycles. The van der Waals surface area contributed by atoms with Gasteiger partial charge in [-0.25, -0.2) is 4.98 Å². The fraction of sp³-hybridized carbons (Fsp3) is 0.412. The molecule has 2 N–H and O–H groups in total. The van der Waals surface area contributed by atoms with Gasteiger partial charge in [0.15, 0.2) is 12.6 Å².